The van der Waals surface area contributed by atoms with E-state index in [0.29, 0.717) is 5.92 Å². The monoisotopic (exact) mass is 289 g/mol. The molecule has 0 radical (unpaired) electrons. The highest BCUT2D eigenvalue weighted by Crippen LogP contribution is 2.28. The second-order valence-electron chi connectivity index (χ2n) is 5.99. The van der Waals surface area contributed by atoms with Gasteiger partial charge in [-0.15, -0.1) is 0 Å². The highest BCUT2D eigenvalue weighted by molar-refractivity contribution is 5.77. The average Bonchev–Trinajstić information content (AvgIpc) is 2.72. The highest BCUT2D eigenvalue weighted by atomic mass is 16.1. The summed E-state index contributed by atoms with van der Waals surface area (Å²) in [6, 6.07) is 6.21. The number of unbranched alkanes of at least 4 members (excludes halogenated alkanes) is 1. The van der Waals surface area contributed by atoms with E-state index in [1.165, 1.54) is 19.3 Å². The van der Waals surface area contributed by atoms with E-state index in [9.17, 15) is 4.79 Å². The van der Waals surface area contributed by atoms with Crippen LogP contribution in [-0.4, -0.2) is 9.13 Å². The first-order valence-electron chi connectivity index (χ1n) is 7.92. The lowest BCUT2D eigenvalue weighted by molar-refractivity contribution is 0.378. The minimum absolute atomic E-state index is 0.00810. The maximum atomic E-state index is 12.0. The van der Waals surface area contributed by atoms with Crippen molar-refractivity contribution in [1.29, 1.82) is 0 Å². The van der Waals surface area contributed by atoms with E-state index in [0.717, 1.165) is 23.0 Å². The zero-order valence-electron chi connectivity index (χ0n) is 13.6. The van der Waals surface area contributed by atoms with Gasteiger partial charge in [-0.05, 0) is 30.0 Å². The molecule has 2 atom stereocenters. The van der Waals surface area contributed by atoms with E-state index in [2.05, 4.69) is 26.0 Å². The van der Waals surface area contributed by atoms with Crippen LogP contribution in [0.5, 0.6) is 0 Å². The predicted molar refractivity (Wildman–Crippen MR) is 88.4 cm³/mol. The Hall–Kier alpha value is -1.55. The van der Waals surface area contributed by atoms with Crippen LogP contribution in [0, 0.1) is 5.92 Å². The largest absolute Gasteiger partial charge is 0.328 e. The van der Waals surface area contributed by atoms with Crippen molar-refractivity contribution in [2.24, 2.45) is 25.7 Å². The van der Waals surface area contributed by atoms with Crippen LogP contribution in [0.15, 0.2) is 23.0 Å². The molecule has 0 spiro atoms. The highest BCUT2D eigenvalue weighted by Gasteiger charge is 2.19. The summed E-state index contributed by atoms with van der Waals surface area (Å²) in [5, 5.41) is 0. The second-order valence-corrected chi connectivity index (χ2v) is 5.99. The molecule has 0 aliphatic carbocycles. The summed E-state index contributed by atoms with van der Waals surface area (Å²) in [4.78, 5) is 12.0. The lowest BCUT2D eigenvalue weighted by atomic mass is 9.87. The van der Waals surface area contributed by atoms with E-state index in [1.807, 2.05) is 13.1 Å². The van der Waals surface area contributed by atoms with Crippen LogP contribution in [0.3, 0.4) is 0 Å². The van der Waals surface area contributed by atoms with Crippen LogP contribution in [0.4, 0.5) is 0 Å². The van der Waals surface area contributed by atoms with Gasteiger partial charge in [0.25, 0.3) is 0 Å². The Balaban J connectivity index is 2.38. The molecule has 2 N–H and O–H groups in total. The Labute approximate surface area is 126 Å². The van der Waals surface area contributed by atoms with Gasteiger partial charge in [-0.3, -0.25) is 9.13 Å². The summed E-state index contributed by atoms with van der Waals surface area (Å²) in [5.41, 5.74) is 9.54. The number of nitrogens with two attached hydrogens (primary N) is 1. The van der Waals surface area contributed by atoms with Gasteiger partial charge in [-0.25, -0.2) is 4.79 Å². The molecule has 116 valence electrons. The van der Waals surface area contributed by atoms with E-state index < -0.39 is 0 Å². The normalized spacial score (nSPS) is 14.5. The molecule has 2 rings (SSSR count). The first kappa shape index (κ1) is 15.8. The fraction of sp³-hybridized carbons (Fsp3) is 0.588. The van der Waals surface area contributed by atoms with E-state index in [4.69, 9.17) is 5.73 Å². The van der Waals surface area contributed by atoms with Crippen LogP contribution in [0.25, 0.3) is 11.0 Å². The molecular weight excluding hydrogens is 262 g/mol. The second kappa shape index (κ2) is 6.48. The molecule has 21 heavy (non-hydrogen) atoms. The molecule has 1 heterocycles. The number of nitrogens with zero attached hydrogens (tertiary/aromatic N) is 2. The Morgan fingerprint density at radius 3 is 2.43 bits per heavy atom. The zero-order valence-corrected chi connectivity index (χ0v) is 13.6. The maximum Gasteiger partial charge on any atom is 0.328 e. The van der Waals surface area contributed by atoms with Gasteiger partial charge in [0, 0.05) is 20.1 Å². The Bertz CT molecular complexity index is 668. The number of imidazole rings is 1. The molecule has 0 aliphatic heterocycles. The maximum absolute atomic E-state index is 12.0. The van der Waals surface area contributed by atoms with Crippen LogP contribution in [-0.2, 0) is 14.1 Å². The smallest absolute Gasteiger partial charge is 0.324 e. The first-order valence-corrected chi connectivity index (χ1v) is 7.92. The molecule has 0 aliphatic rings. The van der Waals surface area contributed by atoms with Gasteiger partial charge in [0.1, 0.15) is 0 Å². The molecule has 0 saturated heterocycles. The van der Waals surface area contributed by atoms with Gasteiger partial charge in [0.2, 0.25) is 0 Å². The van der Waals surface area contributed by atoms with Crippen molar-refractivity contribution in [2.75, 3.05) is 0 Å². The first-order chi connectivity index (χ1) is 10.0. The predicted octanol–water partition coefficient (Wildman–Crippen LogP) is 3.09. The van der Waals surface area contributed by atoms with Gasteiger partial charge in [-0.2, -0.15) is 0 Å². The van der Waals surface area contributed by atoms with Gasteiger partial charge in [0.05, 0.1) is 11.0 Å². The number of fused-ring (bicyclic) bond motifs is 1. The standard InChI is InChI=1S/C17H27N3O/c1-5-7-8-12(6-2)16(18)13-9-10-14-15(11-13)20(4)17(21)19(14)3/h9-12,16H,5-8,18H2,1-4H3. The number of aromatic nitrogens is 2. The van der Waals surface area contributed by atoms with Crippen molar-refractivity contribution >= 4 is 11.0 Å². The van der Waals surface area contributed by atoms with Crippen molar-refractivity contribution in [3.63, 3.8) is 0 Å². The summed E-state index contributed by atoms with van der Waals surface area (Å²) < 4.78 is 3.37. The number of hydrogen-bond donors (Lipinski definition) is 1. The molecule has 0 amide bonds. The molecule has 0 fully saturated rings. The molecule has 2 unspecified atom stereocenters. The number of benzene rings is 1. The summed E-state index contributed by atoms with van der Waals surface area (Å²) in [6.45, 7) is 4.42. The molecule has 4 nitrogen and oxygen atoms in total. The van der Waals surface area contributed by atoms with Crippen molar-refractivity contribution in [2.45, 2.75) is 45.6 Å². The minimum Gasteiger partial charge on any atom is -0.324 e. The van der Waals surface area contributed by atoms with E-state index in [1.54, 1.807) is 16.2 Å². The molecular formula is C17H27N3O. The zero-order chi connectivity index (χ0) is 15.6. The summed E-state index contributed by atoms with van der Waals surface area (Å²) >= 11 is 0. The van der Waals surface area contributed by atoms with E-state index >= 15 is 0 Å². The summed E-state index contributed by atoms with van der Waals surface area (Å²) in [7, 11) is 3.62. The third-order valence-corrected chi connectivity index (χ3v) is 4.64. The van der Waals surface area contributed by atoms with Gasteiger partial charge < -0.3 is 5.73 Å². The van der Waals surface area contributed by atoms with Crippen molar-refractivity contribution in [1.82, 2.24) is 9.13 Å². The van der Waals surface area contributed by atoms with Crippen molar-refractivity contribution in [3.8, 4) is 0 Å². The number of aryl methyl sites for hydroxylation is 2. The molecule has 0 bridgehead atoms. The fourth-order valence-corrected chi connectivity index (χ4v) is 3.11. The Morgan fingerprint density at radius 1 is 1.14 bits per heavy atom. The third-order valence-electron chi connectivity index (χ3n) is 4.64. The Kier molecular flexibility index (Phi) is 4.88. The molecule has 0 saturated carbocycles. The van der Waals surface area contributed by atoms with Crippen molar-refractivity contribution < 1.29 is 0 Å². The summed E-state index contributed by atoms with van der Waals surface area (Å²) in [6.07, 6.45) is 4.68. The van der Waals surface area contributed by atoms with Gasteiger partial charge in [0.15, 0.2) is 0 Å². The van der Waals surface area contributed by atoms with Crippen molar-refractivity contribution in [3.05, 3.63) is 34.2 Å². The molecule has 2 aromatic rings. The van der Waals surface area contributed by atoms with Crippen LogP contribution < -0.4 is 11.4 Å². The molecule has 1 aromatic heterocycles. The minimum atomic E-state index is 0.00810. The lowest BCUT2D eigenvalue weighted by Gasteiger charge is -2.23. The third kappa shape index (κ3) is 2.91. The van der Waals surface area contributed by atoms with Gasteiger partial charge in [-0.1, -0.05) is 39.2 Å². The van der Waals surface area contributed by atoms with Gasteiger partial charge >= 0.3 is 5.69 Å². The SMILES string of the molecule is CCCCC(CC)C(N)c1ccc2c(c1)n(C)c(=O)n2C. The average molecular weight is 289 g/mol. The number of rotatable bonds is 6. The summed E-state index contributed by atoms with van der Waals surface area (Å²) in [5.74, 6) is 0.503. The number of hydrogen-bond acceptors (Lipinski definition) is 2. The van der Waals surface area contributed by atoms with E-state index in [-0.39, 0.29) is 11.7 Å². The van der Waals surface area contributed by atoms with Crippen LogP contribution in [0.1, 0.15) is 51.1 Å². The molecule has 4 heteroatoms. The lowest BCUT2D eigenvalue weighted by Crippen LogP contribution is -2.21. The van der Waals surface area contributed by atoms with Crippen LogP contribution >= 0.6 is 0 Å². The topological polar surface area (TPSA) is 52.9 Å². The molecule has 1 aromatic carbocycles. The Morgan fingerprint density at radius 2 is 1.81 bits per heavy atom. The quantitative estimate of drug-likeness (QED) is 0.888. The van der Waals surface area contributed by atoms with Crippen LogP contribution in [0.2, 0.25) is 0 Å². The fourth-order valence-electron chi connectivity index (χ4n) is 3.11.